The molecule has 2 aromatic heterocycles. The van der Waals surface area contributed by atoms with Gasteiger partial charge in [0.25, 0.3) is 0 Å². The Morgan fingerprint density at radius 1 is 1.09 bits per heavy atom. The van der Waals surface area contributed by atoms with Crippen molar-refractivity contribution >= 4 is 16.7 Å². The van der Waals surface area contributed by atoms with E-state index in [1.54, 1.807) is 0 Å². The lowest BCUT2D eigenvalue weighted by Gasteiger charge is -2.08. The summed E-state index contributed by atoms with van der Waals surface area (Å²) >= 11 is 0. The molecule has 4 nitrogen and oxygen atoms in total. The largest absolute Gasteiger partial charge is 0.364 e. The van der Waals surface area contributed by atoms with Gasteiger partial charge in [0.1, 0.15) is 5.82 Å². The lowest BCUT2D eigenvalue weighted by Crippen LogP contribution is -2.03. The second-order valence-electron chi connectivity index (χ2n) is 5.84. The average Bonchev–Trinajstić information content (AvgIpc) is 2.83. The maximum Gasteiger partial charge on any atom is 0.148 e. The quantitative estimate of drug-likeness (QED) is 0.763. The van der Waals surface area contributed by atoms with E-state index in [4.69, 9.17) is 0 Å². The van der Waals surface area contributed by atoms with E-state index in [1.165, 1.54) is 33.3 Å². The number of fused-ring (bicyclic) bond motifs is 1. The van der Waals surface area contributed by atoms with Crippen LogP contribution < -0.4 is 5.32 Å². The summed E-state index contributed by atoms with van der Waals surface area (Å²) in [5, 5.41) is 12.9. The van der Waals surface area contributed by atoms with Gasteiger partial charge in [-0.05, 0) is 56.5 Å². The molecule has 0 radical (unpaired) electrons. The Morgan fingerprint density at radius 2 is 1.91 bits per heavy atom. The molecule has 0 unspecified atom stereocenters. The SMILES string of the molecule is CCc1[nH]c2c(CNc3ccc(C)nn3)cc(C)cc2c1C. The molecule has 2 N–H and O–H groups in total. The summed E-state index contributed by atoms with van der Waals surface area (Å²) in [7, 11) is 0. The van der Waals surface area contributed by atoms with E-state index in [0.29, 0.717) is 0 Å². The van der Waals surface area contributed by atoms with Gasteiger partial charge in [0.15, 0.2) is 0 Å². The van der Waals surface area contributed by atoms with Gasteiger partial charge in [0.2, 0.25) is 0 Å². The molecular weight excluding hydrogens is 272 g/mol. The first kappa shape index (κ1) is 14.6. The number of hydrogen-bond acceptors (Lipinski definition) is 3. The highest BCUT2D eigenvalue weighted by Crippen LogP contribution is 2.27. The van der Waals surface area contributed by atoms with Gasteiger partial charge < -0.3 is 10.3 Å². The molecule has 114 valence electrons. The fraction of sp³-hybridized carbons (Fsp3) is 0.333. The van der Waals surface area contributed by atoms with Crippen LogP contribution in [0.15, 0.2) is 24.3 Å². The van der Waals surface area contributed by atoms with Crippen LogP contribution in [-0.4, -0.2) is 15.2 Å². The van der Waals surface area contributed by atoms with E-state index in [0.717, 1.165) is 24.5 Å². The molecule has 2 heterocycles. The van der Waals surface area contributed by atoms with Gasteiger partial charge in [-0.25, -0.2) is 0 Å². The van der Waals surface area contributed by atoms with Crippen molar-refractivity contribution in [2.24, 2.45) is 0 Å². The molecule has 0 aliphatic carbocycles. The molecule has 0 saturated heterocycles. The number of anilines is 1. The van der Waals surface area contributed by atoms with Crippen LogP contribution in [0.2, 0.25) is 0 Å². The molecule has 0 amide bonds. The van der Waals surface area contributed by atoms with E-state index in [9.17, 15) is 0 Å². The average molecular weight is 294 g/mol. The molecule has 3 aromatic rings. The highest BCUT2D eigenvalue weighted by molar-refractivity contribution is 5.88. The second-order valence-corrected chi connectivity index (χ2v) is 5.84. The third-order valence-electron chi connectivity index (χ3n) is 4.11. The topological polar surface area (TPSA) is 53.6 Å². The van der Waals surface area contributed by atoms with Crippen LogP contribution in [0.1, 0.15) is 35.0 Å². The van der Waals surface area contributed by atoms with E-state index < -0.39 is 0 Å². The number of aryl methyl sites for hydroxylation is 4. The molecule has 22 heavy (non-hydrogen) atoms. The smallest absolute Gasteiger partial charge is 0.148 e. The van der Waals surface area contributed by atoms with Gasteiger partial charge in [-0.3, -0.25) is 0 Å². The highest BCUT2D eigenvalue weighted by atomic mass is 15.2. The Kier molecular flexibility index (Phi) is 3.84. The summed E-state index contributed by atoms with van der Waals surface area (Å²) in [6.45, 7) is 9.20. The van der Waals surface area contributed by atoms with E-state index >= 15 is 0 Å². The van der Waals surface area contributed by atoms with Crippen LogP contribution in [0, 0.1) is 20.8 Å². The van der Waals surface area contributed by atoms with Crippen molar-refractivity contribution in [3.05, 3.63) is 52.3 Å². The number of aromatic amines is 1. The van der Waals surface area contributed by atoms with Crippen LogP contribution in [-0.2, 0) is 13.0 Å². The van der Waals surface area contributed by atoms with Gasteiger partial charge in [-0.1, -0.05) is 18.6 Å². The molecule has 0 fully saturated rings. The van der Waals surface area contributed by atoms with Crippen molar-refractivity contribution in [1.29, 1.82) is 0 Å². The van der Waals surface area contributed by atoms with Crippen molar-refractivity contribution in [2.45, 2.75) is 40.7 Å². The molecule has 4 heteroatoms. The zero-order valence-corrected chi connectivity index (χ0v) is 13.6. The summed E-state index contributed by atoms with van der Waals surface area (Å²) in [5.74, 6) is 0.805. The fourth-order valence-electron chi connectivity index (χ4n) is 2.88. The van der Waals surface area contributed by atoms with Crippen molar-refractivity contribution in [3.8, 4) is 0 Å². The molecular formula is C18H22N4. The van der Waals surface area contributed by atoms with E-state index in [-0.39, 0.29) is 0 Å². The van der Waals surface area contributed by atoms with Crippen LogP contribution in [0.3, 0.4) is 0 Å². The molecule has 0 aliphatic rings. The van der Waals surface area contributed by atoms with E-state index in [1.807, 2.05) is 19.1 Å². The Balaban J connectivity index is 1.94. The minimum atomic E-state index is 0.735. The number of aromatic nitrogens is 3. The maximum atomic E-state index is 4.16. The van der Waals surface area contributed by atoms with Crippen molar-refractivity contribution in [3.63, 3.8) is 0 Å². The number of H-pyrrole nitrogens is 1. The number of benzene rings is 1. The Morgan fingerprint density at radius 3 is 2.59 bits per heavy atom. The molecule has 0 spiro atoms. The first-order chi connectivity index (χ1) is 10.6. The van der Waals surface area contributed by atoms with Gasteiger partial charge >= 0.3 is 0 Å². The van der Waals surface area contributed by atoms with Crippen molar-refractivity contribution in [1.82, 2.24) is 15.2 Å². The lowest BCUT2D eigenvalue weighted by atomic mass is 10.0. The van der Waals surface area contributed by atoms with Gasteiger partial charge in [-0.15, -0.1) is 5.10 Å². The first-order valence-electron chi connectivity index (χ1n) is 7.73. The Bertz CT molecular complexity index is 800. The molecule has 0 bridgehead atoms. The summed E-state index contributed by atoms with van der Waals surface area (Å²) in [6, 6.07) is 8.42. The predicted octanol–water partition coefficient (Wildman–Crippen LogP) is 4.06. The van der Waals surface area contributed by atoms with Crippen LogP contribution in [0.4, 0.5) is 5.82 Å². The number of hydrogen-bond donors (Lipinski definition) is 2. The van der Waals surface area contributed by atoms with Crippen molar-refractivity contribution < 1.29 is 0 Å². The molecule has 0 atom stereocenters. The predicted molar refractivity (Wildman–Crippen MR) is 91.2 cm³/mol. The molecule has 0 saturated carbocycles. The zero-order chi connectivity index (χ0) is 15.7. The third kappa shape index (κ3) is 2.69. The number of nitrogens with zero attached hydrogens (tertiary/aromatic N) is 2. The van der Waals surface area contributed by atoms with E-state index in [2.05, 4.69) is 53.4 Å². The highest BCUT2D eigenvalue weighted by Gasteiger charge is 2.11. The Labute approximate surface area is 131 Å². The second kappa shape index (κ2) is 5.79. The van der Waals surface area contributed by atoms with Crippen LogP contribution in [0.5, 0.6) is 0 Å². The zero-order valence-electron chi connectivity index (χ0n) is 13.6. The standard InChI is InChI=1S/C18H22N4/c1-5-16-13(4)15-9-11(2)8-14(18(15)20-16)10-19-17-7-6-12(3)21-22-17/h6-9,20H,5,10H2,1-4H3,(H,19,22). The van der Waals surface area contributed by atoms with Gasteiger partial charge in [0, 0.05) is 17.6 Å². The summed E-state index contributed by atoms with van der Waals surface area (Å²) in [4.78, 5) is 3.58. The van der Waals surface area contributed by atoms with Crippen LogP contribution in [0.25, 0.3) is 10.9 Å². The minimum Gasteiger partial charge on any atom is -0.364 e. The monoisotopic (exact) mass is 294 g/mol. The summed E-state index contributed by atoms with van der Waals surface area (Å²) in [5.41, 5.74) is 7.38. The molecule has 1 aromatic carbocycles. The van der Waals surface area contributed by atoms with Gasteiger partial charge in [0.05, 0.1) is 11.2 Å². The first-order valence-corrected chi connectivity index (χ1v) is 7.73. The minimum absolute atomic E-state index is 0.735. The summed E-state index contributed by atoms with van der Waals surface area (Å²) in [6.07, 6.45) is 1.02. The fourth-order valence-corrected chi connectivity index (χ4v) is 2.88. The number of nitrogens with one attached hydrogen (secondary N) is 2. The molecule has 0 aliphatic heterocycles. The van der Waals surface area contributed by atoms with Crippen LogP contribution >= 0.6 is 0 Å². The normalized spacial score (nSPS) is 11.1. The lowest BCUT2D eigenvalue weighted by molar-refractivity contribution is 0.963. The van der Waals surface area contributed by atoms with Gasteiger partial charge in [-0.2, -0.15) is 5.10 Å². The molecule has 3 rings (SSSR count). The number of rotatable bonds is 4. The summed E-state index contributed by atoms with van der Waals surface area (Å²) < 4.78 is 0. The van der Waals surface area contributed by atoms with Crippen molar-refractivity contribution in [2.75, 3.05) is 5.32 Å². The third-order valence-corrected chi connectivity index (χ3v) is 4.11. The maximum absolute atomic E-state index is 4.16. The Hall–Kier alpha value is -2.36.